The minimum Gasteiger partial charge on any atom is -0.478 e. The van der Waals surface area contributed by atoms with Gasteiger partial charge in [-0.1, -0.05) is 12.1 Å². The van der Waals surface area contributed by atoms with Crippen LogP contribution in [-0.4, -0.2) is 40.8 Å². The third-order valence-electron chi connectivity index (χ3n) is 3.62. The first-order valence-corrected chi connectivity index (χ1v) is 6.44. The molecule has 0 saturated heterocycles. The van der Waals surface area contributed by atoms with Gasteiger partial charge >= 0.3 is 5.97 Å². The normalized spacial score (nSPS) is 22.3. The molecule has 4 N–H and O–H groups in total. The number of aliphatic hydroxyl groups excluding tert-OH is 1. The Morgan fingerprint density at radius 1 is 1.47 bits per heavy atom. The Hall–Kier alpha value is -1.59. The second-order valence-corrected chi connectivity index (χ2v) is 5.37. The van der Waals surface area contributed by atoms with Crippen LogP contribution in [0.25, 0.3) is 0 Å². The molecule has 0 amide bonds. The number of hydrogen-bond donors (Lipinski definition) is 3. The second kappa shape index (κ2) is 5.59. The fourth-order valence-electron chi connectivity index (χ4n) is 2.66. The number of rotatable bonds is 5. The summed E-state index contributed by atoms with van der Waals surface area (Å²) in [7, 11) is 1.96. The van der Waals surface area contributed by atoms with Gasteiger partial charge in [0.1, 0.15) is 0 Å². The van der Waals surface area contributed by atoms with E-state index in [0.717, 1.165) is 24.9 Å². The van der Waals surface area contributed by atoms with Gasteiger partial charge in [-0.15, -0.1) is 0 Å². The number of carboxylic acids is 1. The van der Waals surface area contributed by atoms with E-state index in [4.69, 9.17) is 5.73 Å². The molecule has 5 nitrogen and oxygen atoms in total. The van der Waals surface area contributed by atoms with E-state index >= 15 is 0 Å². The second-order valence-electron chi connectivity index (χ2n) is 5.37. The van der Waals surface area contributed by atoms with E-state index in [1.807, 2.05) is 7.05 Å². The molecule has 1 aromatic rings. The number of aromatic carboxylic acids is 1. The summed E-state index contributed by atoms with van der Waals surface area (Å²) >= 11 is 0. The summed E-state index contributed by atoms with van der Waals surface area (Å²) in [5.74, 6) is -0.477. The Morgan fingerprint density at radius 2 is 2.16 bits per heavy atom. The topological polar surface area (TPSA) is 86.8 Å². The molecule has 0 bridgehead atoms. The van der Waals surface area contributed by atoms with Crippen LogP contribution in [-0.2, 0) is 6.54 Å². The van der Waals surface area contributed by atoms with Crippen LogP contribution in [0.1, 0.15) is 28.8 Å². The van der Waals surface area contributed by atoms with Crippen LogP contribution in [0.4, 0.5) is 5.69 Å². The Kier molecular flexibility index (Phi) is 4.07. The molecule has 1 fully saturated rings. The maximum atomic E-state index is 11.2. The number of benzene rings is 1. The molecule has 0 aliphatic heterocycles. The first-order valence-electron chi connectivity index (χ1n) is 6.44. The van der Waals surface area contributed by atoms with E-state index < -0.39 is 5.97 Å². The van der Waals surface area contributed by atoms with Crippen molar-refractivity contribution in [2.75, 3.05) is 19.3 Å². The third-order valence-corrected chi connectivity index (χ3v) is 3.62. The monoisotopic (exact) mass is 264 g/mol. The largest absolute Gasteiger partial charge is 0.478 e. The average molecular weight is 264 g/mol. The van der Waals surface area contributed by atoms with Gasteiger partial charge in [-0.25, -0.2) is 4.79 Å². The molecule has 19 heavy (non-hydrogen) atoms. The number of nitrogen functional groups attached to an aromatic ring is 1. The van der Waals surface area contributed by atoms with Crippen molar-refractivity contribution in [1.29, 1.82) is 0 Å². The van der Waals surface area contributed by atoms with Crippen LogP contribution >= 0.6 is 0 Å². The van der Waals surface area contributed by atoms with Gasteiger partial charge in [0.25, 0.3) is 0 Å². The van der Waals surface area contributed by atoms with Gasteiger partial charge in [0.05, 0.1) is 11.7 Å². The van der Waals surface area contributed by atoms with Crippen LogP contribution in [0.3, 0.4) is 0 Å². The number of hydrogen-bond acceptors (Lipinski definition) is 4. The molecule has 0 aromatic heterocycles. The summed E-state index contributed by atoms with van der Waals surface area (Å²) in [6.07, 6.45) is 1.53. The number of carboxylic acid groups (broad SMARTS) is 1. The SMILES string of the molecule is CN(Cc1cccc(N)c1C(=O)O)CC1CC(O)C1. The van der Waals surface area contributed by atoms with Crippen LogP contribution in [0.5, 0.6) is 0 Å². The van der Waals surface area contributed by atoms with Crippen molar-refractivity contribution >= 4 is 11.7 Å². The number of carbonyl (C=O) groups is 1. The zero-order valence-electron chi connectivity index (χ0n) is 11.0. The van der Waals surface area contributed by atoms with E-state index in [9.17, 15) is 15.0 Å². The zero-order valence-corrected chi connectivity index (χ0v) is 11.0. The van der Waals surface area contributed by atoms with Crippen molar-refractivity contribution in [3.05, 3.63) is 29.3 Å². The molecule has 0 spiro atoms. The number of nitrogens with two attached hydrogens (primary N) is 1. The molecule has 0 radical (unpaired) electrons. The zero-order chi connectivity index (χ0) is 14.0. The van der Waals surface area contributed by atoms with E-state index in [2.05, 4.69) is 4.90 Å². The van der Waals surface area contributed by atoms with Crippen molar-refractivity contribution in [2.45, 2.75) is 25.5 Å². The molecule has 1 aromatic carbocycles. The summed E-state index contributed by atoms with van der Waals surface area (Å²) in [4.78, 5) is 13.3. The van der Waals surface area contributed by atoms with E-state index in [1.165, 1.54) is 0 Å². The summed E-state index contributed by atoms with van der Waals surface area (Å²) in [6.45, 7) is 1.42. The lowest BCUT2D eigenvalue weighted by atomic mass is 9.82. The number of nitrogens with zero attached hydrogens (tertiary/aromatic N) is 1. The number of anilines is 1. The van der Waals surface area contributed by atoms with Gasteiger partial charge in [-0.2, -0.15) is 0 Å². The summed E-state index contributed by atoms with van der Waals surface area (Å²) in [5, 5.41) is 18.5. The molecule has 0 unspecified atom stereocenters. The standard InChI is InChI=1S/C14H20N2O3/c1-16(7-9-5-11(17)6-9)8-10-3-2-4-12(15)13(10)14(18)19/h2-4,9,11,17H,5-8,15H2,1H3,(H,18,19). The van der Waals surface area contributed by atoms with Crippen LogP contribution in [0, 0.1) is 5.92 Å². The Labute approximate surface area is 112 Å². The van der Waals surface area contributed by atoms with Crippen LogP contribution < -0.4 is 5.73 Å². The lowest BCUT2D eigenvalue weighted by molar-refractivity contribution is 0.0273. The van der Waals surface area contributed by atoms with E-state index in [0.29, 0.717) is 18.2 Å². The first-order chi connectivity index (χ1) is 8.97. The summed E-state index contributed by atoms with van der Waals surface area (Å²) in [6, 6.07) is 5.18. The molecule has 1 aliphatic carbocycles. The molecule has 0 atom stereocenters. The predicted octanol–water partition coefficient (Wildman–Crippen LogP) is 1.17. The van der Waals surface area contributed by atoms with Crippen LogP contribution in [0.2, 0.25) is 0 Å². The van der Waals surface area contributed by atoms with Gasteiger partial charge in [0.2, 0.25) is 0 Å². The van der Waals surface area contributed by atoms with Gasteiger partial charge in [0.15, 0.2) is 0 Å². The quantitative estimate of drug-likeness (QED) is 0.695. The van der Waals surface area contributed by atoms with Crippen molar-refractivity contribution in [3.63, 3.8) is 0 Å². The molecule has 1 saturated carbocycles. The maximum Gasteiger partial charge on any atom is 0.338 e. The maximum absolute atomic E-state index is 11.2. The highest BCUT2D eigenvalue weighted by molar-refractivity contribution is 5.95. The first kappa shape index (κ1) is 13.8. The Bertz CT molecular complexity index is 470. The fourth-order valence-corrected chi connectivity index (χ4v) is 2.66. The molecular weight excluding hydrogens is 244 g/mol. The summed E-state index contributed by atoms with van der Waals surface area (Å²) in [5.41, 5.74) is 6.95. The average Bonchev–Trinajstić information content (AvgIpc) is 2.26. The van der Waals surface area contributed by atoms with E-state index in [1.54, 1.807) is 18.2 Å². The highest BCUT2D eigenvalue weighted by Gasteiger charge is 2.28. The minimum absolute atomic E-state index is 0.152. The predicted molar refractivity (Wildman–Crippen MR) is 72.9 cm³/mol. The van der Waals surface area contributed by atoms with Crippen molar-refractivity contribution in [1.82, 2.24) is 4.90 Å². The lowest BCUT2D eigenvalue weighted by Gasteiger charge is -2.34. The highest BCUT2D eigenvalue weighted by atomic mass is 16.4. The van der Waals surface area contributed by atoms with E-state index in [-0.39, 0.29) is 11.7 Å². The highest BCUT2D eigenvalue weighted by Crippen LogP contribution is 2.28. The summed E-state index contributed by atoms with van der Waals surface area (Å²) < 4.78 is 0. The fraction of sp³-hybridized carbons (Fsp3) is 0.500. The Balaban J connectivity index is 2.02. The molecule has 1 aliphatic rings. The van der Waals surface area contributed by atoms with Crippen molar-refractivity contribution < 1.29 is 15.0 Å². The lowest BCUT2D eigenvalue weighted by Crippen LogP contribution is -2.37. The van der Waals surface area contributed by atoms with Gasteiger partial charge in [-0.3, -0.25) is 0 Å². The smallest absolute Gasteiger partial charge is 0.338 e. The van der Waals surface area contributed by atoms with Crippen molar-refractivity contribution in [2.24, 2.45) is 5.92 Å². The number of aliphatic hydroxyl groups is 1. The molecule has 0 heterocycles. The molecule has 2 rings (SSSR count). The molecule has 104 valence electrons. The van der Waals surface area contributed by atoms with Gasteiger partial charge < -0.3 is 20.8 Å². The minimum atomic E-state index is -0.986. The molecular formula is C14H20N2O3. The third kappa shape index (κ3) is 3.24. The van der Waals surface area contributed by atoms with Crippen LogP contribution in [0.15, 0.2) is 18.2 Å². The molecule has 5 heteroatoms. The van der Waals surface area contributed by atoms with Gasteiger partial charge in [-0.05, 0) is 37.4 Å². The van der Waals surface area contributed by atoms with Gasteiger partial charge in [0, 0.05) is 18.8 Å². The Morgan fingerprint density at radius 3 is 2.74 bits per heavy atom. The van der Waals surface area contributed by atoms with Crippen molar-refractivity contribution in [3.8, 4) is 0 Å².